The number of anilines is 1. The molecule has 2 aromatic rings. The van der Waals surface area contributed by atoms with E-state index in [2.05, 4.69) is 10.3 Å². The molecule has 0 fully saturated rings. The van der Waals surface area contributed by atoms with Crippen LogP contribution in [0.5, 0.6) is 0 Å². The molecule has 0 radical (unpaired) electrons. The van der Waals surface area contributed by atoms with Crippen molar-refractivity contribution in [3.8, 4) is 0 Å². The Morgan fingerprint density at radius 2 is 2.25 bits per heavy atom. The lowest BCUT2D eigenvalue weighted by Crippen LogP contribution is -2.20. The zero-order valence-electron chi connectivity index (χ0n) is 8.50. The monoisotopic (exact) mass is 242 g/mol. The van der Waals surface area contributed by atoms with Gasteiger partial charge in [-0.25, -0.2) is 4.39 Å². The van der Waals surface area contributed by atoms with Crippen molar-refractivity contribution >= 4 is 28.2 Å². The fourth-order valence-corrected chi connectivity index (χ4v) is 1.66. The van der Waals surface area contributed by atoms with Crippen LogP contribution in [0.15, 0.2) is 24.4 Å². The van der Waals surface area contributed by atoms with E-state index < -0.39 is 6.10 Å². The molecule has 1 atom stereocenters. The Kier molecular flexibility index (Phi) is 3.31. The van der Waals surface area contributed by atoms with Gasteiger partial charge in [0.2, 0.25) is 0 Å². The van der Waals surface area contributed by atoms with Gasteiger partial charge < -0.3 is 15.4 Å². The number of halogens is 2. The highest BCUT2D eigenvalue weighted by Crippen LogP contribution is 2.24. The third kappa shape index (κ3) is 2.13. The van der Waals surface area contributed by atoms with Gasteiger partial charge in [-0.2, -0.15) is 0 Å². The minimum absolute atomic E-state index is 0.169. The van der Waals surface area contributed by atoms with Crippen LogP contribution in [0.1, 0.15) is 0 Å². The molecule has 0 saturated heterocycles. The van der Waals surface area contributed by atoms with Gasteiger partial charge in [-0.1, -0.05) is 0 Å². The summed E-state index contributed by atoms with van der Waals surface area (Å²) in [6.07, 6.45) is 1.06. The van der Waals surface area contributed by atoms with Gasteiger partial charge in [0.25, 0.3) is 0 Å². The van der Waals surface area contributed by atoms with Crippen LogP contribution in [0, 0.1) is 5.82 Å². The molecule has 1 unspecified atom stereocenters. The molecule has 3 nitrogen and oxygen atoms in total. The number of hydrogen-bond donors (Lipinski definition) is 3. The highest BCUT2D eigenvalue weighted by atomic mass is 35.5. The first kappa shape index (κ1) is 11.2. The molecule has 0 aliphatic carbocycles. The van der Waals surface area contributed by atoms with Gasteiger partial charge in [-0.05, 0) is 18.2 Å². The number of hydrogen-bond acceptors (Lipinski definition) is 2. The molecule has 86 valence electrons. The Labute approximate surface area is 97.2 Å². The molecule has 1 heterocycles. The number of aliphatic hydroxyl groups is 1. The normalized spacial score (nSPS) is 12.9. The number of alkyl halides is 1. The van der Waals surface area contributed by atoms with Crippen molar-refractivity contribution in [1.29, 1.82) is 0 Å². The molecule has 0 aliphatic rings. The zero-order valence-corrected chi connectivity index (χ0v) is 9.26. The Hall–Kier alpha value is -1.26. The van der Waals surface area contributed by atoms with E-state index in [1.54, 1.807) is 18.3 Å². The summed E-state index contributed by atoms with van der Waals surface area (Å²) in [4.78, 5) is 2.95. The van der Waals surface area contributed by atoms with E-state index in [0.717, 1.165) is 5.69 Å². The molecule has 0 aliphatic heterocycles. The van der Waals surface area contributed by atoms with Gasteiger partial charge >= 0.3 is 0 Å². The molecular weight excluding hydrogens is 231 g/mol. The molecule has 0 bridgehead atoms. The van der Waals surface area contributed by atoms with Crippen LogP contribution in [0.3, 0.4) is 0 Å². The molecule has 0 amide bonds. The summed E-state index contributed by atoms with van der Waals surface area (Å²) in [7, 11) is 0. The first-order chi connectivity index (χ1) is 7.72. The number of rotatable bonds is 4. The van der Waals surface area contributed by atoms with Gasteiger partial charge in [0, 0.05) is 18.1 Å². The van der Waals surface area contributed by atoms with Crippen LogP contribution in [-0.2, 0) is 0 Å². The molecule has 1 aromatic heterocycles. The van der Waals surface area contributed by atoms with Crippen molar-refractivity contribution in [2.45, 2.75) is 6.10 Å². The second-order valence-electron chi connectivity index (χ2n) is 3.55. The molecule has 0 spiro atoms. The number of aliphatic hydroxyl groups excluding tert-OH is 1. The molecule has 3 N–H and O–H groups in total. The van der Waals surface area contributed by atoms with E-state index in [9.17, 15) is 9.50 Å². The fraction of sp³-hybridized carbons (Fsp3) is 0.273. The molecule has 1 aromatic carbocycles. The van der Waals surface area contributed by atoms with Gasteiger partial charge in [0.05, 0.1) is 23.2 Å². The molecular formula is C11H12ClFN2O. The maximum atomic E-state index is 13.3. The van der Waals surface area contributed by atoms with Gasteiger partial charge in [0.1, 0.15) is 5.82 Å². The number of fused-ring (bicyclic) bond motifs is 1. The Balaban J connectivity index is 2.24. The highest BCUT2D eigenvalue weighted by Gasteiger charge is 2.08. The average molecular weight is 243 g/mol. The summed E-state index contributed by atoms with van der Waals surface area (Å²) in [5.74, 6) is -0.0955. The number of aromatic amines is 1. The SMILES string of the molecule is OC(CCl)CNc1ccc(F)c2cc[nH]c12. The van der Waals surface area contributed by atoms with Crippen molar-refractivity contribution < 1.29 is 9.50 Å². The topological polar surface area (TPSA) is 48.0 Å². The average Bonchev–Trinajstić information content (AvgIpc) is 2.77. The van der Waals surface area contributed by atoms with Crippen LogP contribution in [-0.4, -0.2) is 28.6 Å². The number of H-pyrrole nitrogens is 1. The second kappa shape index (κ2) is 4.72. The fourth-order valence-electron chi connectivity index (χ4n) is 1.55. The third-order valence-corrected chi connectivity index (χ3v) is 2.73. The zero-order chi connectivity index (χ0) is 11.5. The van der Waals surface area contributed by atoms with E-state index in [-0.39, 0.29) is 11.7 Å². The Morgan fingerprint density at radius 3 is 3.00 bits per heavy atom. The summed E-state index contributed by atoms with van der Waals surface area (Å²) in [5.41, 5.74) is 1.45. The second-order valence-corrected chi connectivity index (χ2v) is 3.86. The molecule has 16 heavy (non-hydrogen) atoms. The van der Waals surface area contributed by atoms with Crippen LogP contribution in [0.25, 0.3) is 10.9 Å². The van der Waals surface area contributed by atoms with E-state index in [1.807, 2.05) is 0 Å². The first-order valence-electron chi connectivity index (χ1n) is 4.96. The number of benzene rings is 1. The van der Waals surface area contributed by atoms with Crippen LogP contribution >= 0.6 is 11.6 Å². The molecule has 2 rings (SSSR count). The van der Waals surface area contributed by atoms with E-state index >= 15 is 0 Å². The standard InChI is InChI=1S/C11H12ClFN2O/c12-5-7(16)6-15-10-2-1-9(13)8-3-4-14-11(8)10/h1-4,7,14-16H,5-6H2. The third-order valence-electron chi connectivity index (χ3n) is 2.38. The van der Waals surface area contributed by atoms with Crippen molar-refractivity contribution in [2.75, 3.05) is 17.7 Å². The van der Waals surface area contributed by atoms with Crippen molar-refractivity contribution in [3.05, 3.63) is 30.2 Å². The Bertz CT molecular complexity index is 486. The smallest absolute Gasteiger partial charge is 0.132 e. The van der Waals surface area contributed by atoms with Crippen LogP contribution in [0.2, 0.25) is 0 Å². The van der Waals surface area contributed by atoms with Crippen LogP contribution < -0.4 is 5.32 Å². The van der Waals surface area contributed by atoms with Gasteiger partial charge in [-0.3, -0.25) is 0 Å². The first-order valence-corrected chi connectivity index (χ1v) is 5.49. The van der Waals surface area contributed by atoms with E-state index in [0.29, 0.717) is 17.4 Å². The maximum Gasteiger partial charge on any atom is 0.132 e. The lowest BCUT2D eigenvalue weighted by molar-refractivity contribution is 0.211. The van der Waals surface area contributed by atoms with Crippen molar-refractivity contribution in [1.82, 2.24) is 4.98 Å². The predicted molar refractivity (Wildman–Crippen MR) is 63.5 cm³/mol. The van der Waals surface area contributed by atoms with E-state index in [1.165, 1.54) is 6.07 Å². The minimum atomic E-state index is -0.614. The number of nitrogens with one attached hydrogen (secondary N) is 2. The van der Waals surface area contributed by atoms with Crippen molar-refractivity contribution in [3.63, 3.8) is 0 Å². The maximum absolute atomic E-state index is 13.3. The highest BCUT2D eigenvalue weighted by molar-refractivity contribution is 6.18. The minimum Gasteiger partial charge on any atom is -0.390 e. The lowest BCUT2D eigenvalue weighted by Gasteiger charge is -2.11. The van der Waals surface area contributed by atoms with Crippen molar-refractivity contribution in [2.24, 2.45) is 0 Å². The quantitative estimate of drug-likeness (QED) is 0.721. The summed E-state index contributed by atoms with van der Waals surface area (Å²) in [6.45, 7) is 0.337. The molecule has 0 saturated carbocycles. The summed E-state index contributed by atoms with van der Waals surface area (Å²) < 4.78 is 13.3. The largest absolute Gasteiger partial charge is 0.390 e. The summed E-state index contributed by atoms with van der Waals surface area (Å²) in [6, 6.07) is 4.70. The summed E-state index contributed by atoms with van der Waals surface area (Å²) >= 11 is 5.48. The predicted octanol–water partition coefficient (Wildman–Crippen LogP) is 2.32. The Morgan fingerprint density at radius 1 is 1.44 bits per heavy atom. The van der Waals surface area contributed by atoms with Crippen LogP contribution in [0.4, 0.5) is 10.1 Å². The molecule has 5 heteroatoms. The van der Waals surface area contributed by atoms with Gasteiger partial charge in [-0.15, -0.1) is 11.6 Å². The summed E-state index contributed by atoms with van der Waals surface area (Å²) in [5, 5.41) is 12.9. The lowest BCUT2D eigenvalue weighted by atomic mass is 10.2. The number of aromatic nitrogens is 1. The van der Waals surface area contributed by atoms with Gasteiger partial charge in [0.15, 0.2) is 0 Å². The van der Waals surface area contributed by atoms with E-state index in [4.69, 9.17) is 11.6 Å².